The summed E-state index contributed by atoms with van der Waals surface area (Å²) in [6.07, 6.45) is 4.92. The predicted molar refractivity (Wildman–Crippen MR) is 38.0 cm³/mol. The highest BCUT2D eigenvalue weighted by Gasteiger charge is 2.30. The highest BCUT2D eigenvalue weighted by molar-refractivity contribution is 5.86. The normalized spacial score (nSPS) is 32.3. The Balaban J connectivity index is 2.04. The minimum atomic E-state index is -0.444. The molecule has 62 valence electrons. The van der Waals surface area contributed by atoms with Crippen LogP contribution in [-0.2, 0) is 19.1 Å². The molecule has 0 saturated carbocycles. The minimum absolute atomic E-state index is 0.392. The van der Waals surface area contributed by atoms with Crippen LogP contribution in [-0.4, -0.2) is 24.1 Å². The van der Waals surface area contributed by atoms with Crippen LogP contribution in [0.2, 0.25) is 0 Å². The van der Waals surface area contributed by atoms with Gasteiger partial charge < -0.3 is 9.47 Å². The van der Waals surface area contributed by atoms with Gasteiger partial charge in [-0.1, -0.05) is 0 Å². The molecule has 0 aromatic carbocycles. The SMILES string of the molecule is O=C1C=C[C@@H]([C@H]2C=CC(=O)O2)O1. The van der Waals surface area contributed by atoms with Gasteiger partial charge in [0, 0.05) is 12.2 Å². The van der Waals surface area contributed by atoms with Crippen molar-refractivity contribution in [2.75, 3.05) is 0 Å². The second-order valence-corrected chi connectivity index (χ2v) is 2.52. The predicted octanol–water partition coefficient (Wildman–Crippen LogP) is -0.0504. The summed E-state index contributed by atoms with van der Waals surface area (Å²) in [5, 5.41) is 0. The Morgan fingerprint density at radius 2 is 1.33 bits per heavy atom. The first kappa shape index (κ1) is 7.09. The summed E-state index contributed by atoms with van der Waals surface area (Å²) in [6.45, 7) is 0. The van der Waals surface area contributed by atoms with Crippen LogP contribution >= 0.6 is 0 Å². The van der Waals surface area contributed by atoms with Crippen molar-refractivity contribution in [1.29, 1.82) is 0 Å². The van der Waals surface area contributed by atoms with E-state index in [1.165, 1.54) is 12.2 Å². The monoisotopic (exact) mass is 166 g/mol. The van der Waals surface area contributed by atoms with Crippen LogP contribution in [0.1, 0.15) is 0 Å². The molecule has 0 aliphatic carbocycles. The van der Waals surface area contributed by atoms with Gasteiger partial charge in [0.15, 0.2) is 12.2 Å². The summed E-state index contributed by atoms with van der Waals surface area (Å²) in [5.41, 5.74) is 0. The molecule has 0 amide bonds. The smallest absolute Gasteiger partial charge is 0.331 e. The van der Waals surface area contributed by atoms with Gasteiger partial charge in [-0.15, -0.1) is 0 Å². The lowest BCUT2D eigenvalue weighted by Gasteiger charge is -2.13. The maximum absolute atomic E-state index is 10.6. The summed E-state index contributed by atoms with van der Waals surface area (Å²) in [6, 6.07) is 0. The van der Waals surface area contributed by atoms with Crippen LogP contribution < -0.4 is 0 Å². The van der Waals surface area contributed by atoms with Crippen LogP contribution in [0, 0.1) is 0 Å². The lowest BCUT2D eigenvalue weighted by molar-refractivity contribution is -0.150. The molecule has 12 heavy (non-hydrogen) atoms. The second-order valence-electron chi connectivity index (χ2n) is 2.52. The van der Waals surface area contributed by atoms with Crippen molar-refractivity contribution in [3.63, 3.8) is 0 Å². The molecule has 0 radical (unpaired) electrons. The van der Waals surface area contributed by atoms with Gasteiger partial charge in [0.1, 0.15) is 0 Å². The molecule has 0 fully saturated rings. The molecule has 2 rings (SSSR count). The minimum Gasteiger partial charge on any atom is -0.451 e. The Morgan fingerprint density at radius 1 is 0.917 bits per heavy atom. The molecule has 0 aromatic heterocycles. The van der Waals surface area contributed by atoms with Crippen LogP contribution in [0.25, 0.3) is 0 Å². The number of carbonyl (C=O) groups is 2. The quantitative estimate of drug-likeness (QED) is 0.512. The second kappa shape index (κ2) is 2.48. The molecule has 0 aromatic rings. The number of cyclic esters (lactones) is 2. The van der Waals surface area contributed by atoms with Crippen molar-refractivity contribution in [2.24, 2.45) is 0 Å². The first-order chi connectivity index (χ1) is 5.75. The number of esters is 2. The van der Waals surface area contributed by atoms with E-state index in [4.69, 9.17) is 9.47 Å². The maximum Gasteiger partial charge on any atom is 0.331 e. The zero-order chi connectivity index (χ0) is 8.55. The number of rotatable bonds is 1. The molecular weight excluding hydrogens is 160 g/mol. The largest absolute Gasteiger partial charge is 0.451 e. The van der Waals surface area contributed by atoms with Gasteiger partial charge in [-0.2, -0.15) is 0 Å². The molecule has 4 heteroatoms. The third kappa shape index (κ3) is 1.11. The molecule has 4 nitrogen and oxygen atoms in total. The molecule has 0 spiro atoms. The standard InChI is InChI=1S/C8H6O4/c9-7-3-1-5(11-7)6-2-4-8(10)12-6/h1-6H/t5-,6+. The first-order valence-corrected chi connectivity index (χ1v) is 3.53. The Hall–Kier alpha value is -1.58. The van der Waals surface area contributed by atoms with Gasteiger partial charge in [0.2, 0.25) is 0 Å². The van der Waals surface area contributed by atoms with E-state index >= 15 is 0 Å². The highest BCUT2D eigenvalue weighted by Crippen LogP contribution is 2.17. The Kier molecular flexibility index (Phi) is 1.46. The molecule has 0 unspecified atom stereocenters. The van der Waals surface area contributed by atoms with E-state index in [9.17, 15) is 9.59 Å². The molecular formula is C8H6O4. The summed E-state index contributed by atoms with van der Waals surface area (Å²) < 4.78 is 9.63. The van der Waals surface area contributed by atoms with E-state index in [-0.39, 0.29) is 0 Å². The third-order valence-corrected chi connectivity index (χ3v) is 1.67. The van der Waals surface area contributed by atoms with Crippen molar-refractivity contribution >= 4 is 11.9 Å². The van der Waals surface area contributed by atoms with E-state index in [1.54, 1.807) is 12.2 Å². The molecule has 0 bridgehead atoms. The van der Waals surface area contributed by atoms with Crippen LogP contribution in [0.15, 0.2) is 24.3 Å². The molecule has 2 heterocycles. The average Bonchev–Trinajstić information content (AvgIpc) is 2.58. The molecule has 0 N–H and O–H groups in total. The fourth-order valence-electron chi connectivity index (χ4n) is 1.13. The van der Waals surface area contributed by atoms with Gasteiger partial charge in [0.25, 0.3) is 0 Å². The number of carbonyl (C=O) groups excluding carboxylic acids is 2. The first-order valence-electron chi connectivity index (χ1n) is 3.53. The van der Waals surface area contributed by atoms with Gasteiger partial charge in [0.05, 0.1) is 0 Å². The number of ether oxygens (including phenoxy) is 2. The lowest BCUT2D eigenvalue weighted by atomic mass is 10.2. The van der Waals surface area contributed by atoms with E-state index < -0.39 is 24.1 Å². The fourth-order valence-corrected chi connectivity index (χ4v) is 1.13. The van der Waals surface area contributed by atoms with Crippen molar-refractivity contribution in [3.8, 4) is 0 Å². The maximum atomic E-state index is 10.6. The zero-order valence-corrected chi connectivity index (χ0v) is 6.10. The van der Waals surface area contributed by atoms with Gasteiger partial charge >= 0.3 is 11.9 Å². The summed E-state index contributed by atoms with van der Waals surface area (Å²) in [4.78, 5) is 21.2. The number of hydrogen-bond donors (Lipinski definition) is 0. The van der Waals surface area contributed by atoms with Crippen LogP contribution in [0.3, 0.4) is 0 Å². The summed E-state index contributed by atoms with van der Waals surface area (Å²) >= 11 is 0. The van der Waals surface area contributed by atoms with E-state index in [2.05, 4.69) is 0 Å². The van der Waals surface area contributed by atoms with E-state index in [1.807, 2.05) is 0 Å². The Labute approximate surface area is 68.5 Å². The van der Waals surface area contributed by atoms with Gasteiger partial charge in [-0.25, -0.2) is 9.59 Å². The fraction of sp³-hybridized carbons (Fsp3) is 0.250. The van der Waals surface area contributed by atoms with Crippen molar-refractivity contribution in [3.05, 3.63) is 24.3 Å². The van der Waals surface area contributed by atoms with Crippen molar-refractivity contribution < 1.29 is 19.1 Å². The number of hydrogen-bond acceptors (Lipinski definition) is 4. The highest BCUT2D eigenvalue weighted by atomic mass is 16.6. The third-order valence-electron chi connectivity index (χ3n) is 1.67. The molecule has 2 aliphatic rings. The van der Waals surface area contributed by atoms with Crippen LogP contribution in [0.5, 0.6) is 0 Å². The molecule has 2 atom stereocenters. The van der Waals surface area contributed by atoms with Crippen molar-refractivity contribution in [1.82, 2.24) is 0 Å². The zero-order valence-electron chi connectivity index (χ0n) is 6.10. The lowest BCUT2D eigenvalue weighted by Crippen LogP contribution is -2.25. The van der Waals surface area contributed by atoms with E-state index in [0.717, 1.165) is 0 Å². The molecule has 0 saturated heterocycles. The van der Waals surface area contributed by atoms with Crippen LogP contribution in [0.4, 0.5) is 0 Å². The summed E-state index contributed by atoms with van der Waals surface area (Å²) in [5.74, 6) is -0.785. The van der Waals surface area contributed by atoms with Crippen molar-refractivity contribution in [2.45, 2.75) is 12.2 Å². The summed E-state index contributed by atoms with van der Waals surface area (Å²) in [7, 11) is 0. The average molecular weight is 166 g/mol. The Bertz CT molecular complexity index is 259. The van der Waals surface area contributed by atoms with E-state index in [0.29, 0.717) is 0 Å². The van der Waals surface area contributed by atoms with Gasteiger partial charge in [-0.05, 0) is 12.2 Å². The van der Waals surface area contributed by atoms with Gasteiger partial charge in [-0.3, -0.25) is 0 Å². The molecule has 2 aliphatic heterocycles. The Morgan fingerprint density at radius 3 is 1.58 bits per heavy atom. The topological polar surface area (TPSA) is 52.6 Å².